The minimum absolute atomic E-state index is 0.319. The van der Waals surface area contributed by atoms with E-state index in [1.165, 1.54) is 7.11 Å². The lowest BCUT2D eigenvalue weighted by molar-refractivity contribution is 0.209. The molecule has 0 saturated carbocycles. The zero-order valence-electron chi connectivity index (χ0n) is 9.60. The number of pyridine rings is 1. The summed E-state index contributed by atoms with van der Waals surface area (Å²) < 4.78 is 5.16. The van der Waals surface area contributed by atoms with Gasteiger partial charge in [0, 0.05) is 11.8 Å². The van der Waals surface area contributed by atoms with Crippen LogP contribution >= 0.6 is 23.2 Å². The van der Waals surface area contributed by atoms with Crippen molar-refractivity contribution in [3.05, 3.63) is 57.8 Å². The second kappa shape index (κ2) is 5.57. The molecule has 0 saturated heterocycles. The second-order valence-electron chi connectivity index (χ2n) is 3.64. The molecule has 0 aliphatic rings. The van der Waals surface area contributed by atoms with Gasteiger partial charge in [0.05, 0.1) is 17.2 Å². The molecule has 1 aromatic carbocycles. The average molecular weight is 284 g/mol. The molecule has 0 radical (unpaired) electrons. The number of benzene rings is 1. The Morgan fingerprint density at radius 2 is 2.00 bits per heavy atom. The van der Waals surface area contributed by atoms with Crippen molar-refractivity contribution in [2.45, 2.75) is 6.10 Å². The quantitative estimate of drug-likeness (QED) is 0.938. The number of halogens is 2. The van der Waals surface area contributed by atoms with Crippen LogP contribution in [-0.4, -0.2) is 17.2 Å². The molecule has 0 spiro atoms. The lowest BCUT2D eigenvalue weighted by Gasteiger charge is -2.15. The normalized spacial score (nSPS) is 12.2. The Kier molecular flexibility index (Phi) is 4.07. The number of aliphatic hydroxyl groups excluding tert-OH is 1. The monoisotopic (exact) mass is 283 g/mol. The first-order valence-electron chi connectivity index (χ1n) is 5.26. The highest BCUT2D eigenvalue weighted by Gasteiger charge is 2.20. The van der Waals surface area contributed by atoms with Crippen molar-refractivity contribution in [1.29, 1.82) is 0 Å². The highest BCUT2D eigenvalue weighted by atomic mass is 35.5. The van der Waals surface area contributed by atoms with E-state index in [1.807, 2.05) is 0 Å². The van der Waals surface area contributed by atoms with Crippen LogP contribution in [0.4, 0.5) is 0 Å². The predicted molar refractivity (Wildman–Crippen MR) is 71.3 cm³/mol. The first-order chi connectivity index (χ1) is 8.65. The van der Waals surface area contributed by atoms with Gasteiger partial charge in [0.1, 0.15) is 17.5 Å². The number of rotatable bonds is 3. The van der Waals surface area contributed by atoms with Crippen LogP contribution in [0.2, 0.25) is 10.0 Å². The van der Waals surface area contributed by atoms with Gasteiger partial charge in [0.15, 0.2) is 0 Å². The minimum Gasteiger partial charge on any atom is -0.495 e. The highest BCUT2D eigenvalue weighted by molar-refractivity contribution is 6.42. The predicted octanol–water partition coefficient (Wildman–Crippen LogP) is 3.48. The molecule has 0 aliphatic carbocycles. The van der Waals surface area contributed by atoms with Crippen LogP contribution in [0.25, 0.3) is 0 Å². The molecule has 1 unspecified atom stereocenters. The number of aliphatic hydroxyl groups is 1. The Morgan fingerprint density at radius 1 is 1.22 bits per heavy atom. The molecule has 0 bridgehead atoms. The van der Waals surface area contributed by atoms with Crippen molar-refractivity contribution in [1.82, 2.24) is 4.98 Å². The number of methoxy groups -OCH3 is 1. The smallest absolute Gasteiger partial charge is 0.143 e. The van der Waals surface area contributed by atoms with Gasteiger partial charge in [-0.3, -0.25) is 4.98 Å². The van der Waals surface area contributed by atoms with Crippen molar-refractivity contribution in [3.63, 3.8) is 0 Å². The third kappa shape index (κ3) is 2.43. The molecule has 18 heavy (non-hydrogen) atoms. The average Bonchev–Trinajstić information content (AvgIpc) is 2.41. The second-order valence-corrected chi connectivity index (χ2v) is 4.42. The maximum absolute atomic E-state index is 10.3. The van der Waals surface area contributed by atoms with Crippen molar-refractivity contribution in [2.75, 3.05) is 7.11 Å². The van der Waals surface area contributed by atoms with Crippen molar-refractivity contribution >= 4 is 23.2 Å². The van der Waals surface area contributed by atoms with E-state index >= 15 is 0 Å². The molecule has 1 N–H and O–H groups in total. The van der Waals surface area contributed by atoms with E-state index in [0.717, 1.165) is 0 Å². The van der Waals surface area contributed by atoms with Crippen molar-refractivity contribution < 1.29 is 9.84 Å². The number of hydrogen-bond donors (Lipinski definition) is 1. The Labute approximate surface area is 115 Å². The zero-order chi connectivity index (χ0) is 13.1. The summed E-state index contributed by atoms with van der Waals surface area (Å²) in [5.74, 6) is 0.501. The SMILES string of the molecule is COc1cccnc1C(O)c1cccc(Cl)c1Cl. The maximum atomic E-state index is 10.3. The Hall–Kier alpha value is -1.29. The van der Waals surface area contributed by atoms with Gasteiger partial charge in [0.25, 0.3) is 0 Å². The largest absolute Gasteiger partial charge is 0.495 e. The molecular weight excluding hydrogens is 273 g/mol. The molecule has 0 amide bonds. The summed E-state index contributed by atoms with van der Waals surface area (Å²) in [6.07, 6.45) is 0.604. The molecule has 3 nitrogen and oxygen atoms in total. The van der Waals surface area contributed by atoms with E-state index in [4.69, 9.17) is 27.9 Å². The van der Waals surface area contributed by atoms with Gasteiger partial charge >= 0.3 is 0 Å². The lowest BCUT2D eigenvalue weighted by atomic mass is 10.1. The first kappa shape index (κ1) is 13.1. The van der Waals surface area contributed by atoms with Crippen LogP contribution in [0.3, 0.4) is 0 Å². The fraction of sp³-hybridized carbons (Fsp3) is 0.154. The summed E-state index contributed by atoms with van der Waals surface area (Å²) in [5, 5.41) is 11.0. The van der Waals surface area contributed by atoms with Gasteiger partial charge in [0.2, 0.25) is 0 Å². The summed E-state index contributed by atoms with van der Waals surface area (Å²) in [6.45, 7) is 0. The van der Waals surface area contributed by atoms with Gasteiger partial charge in [-0.2, -0.15) is 0 Å². The maximum Gasteiger partial charge on any atom is 0.143 e. The summed E-state index contributed by atoms with van der Waals surface area (Å²) in [4.78, 5) is 4.12. The van der Waals surface area contributed by atoms with Crippen LogP contribution in [0.15, 0.2) is 36.5 Å². The molecule has 1 heterocycles. The number of hydrogen-bond acceptors (Lipinski definition) is 3. The Morgan fingerprint density at radius 3 is 2.72 bits per heavy atom. The highest BCUT2D eigenvalue weighted by Crippen LogP contribution is 2.35. The van der Waals surface area contributed by atoms with E-state index < -0.39 is 6.10 Å². The minimum atomic E-state index is -0.979. The Bertz CT molecular complexity index is 560. The fourth-order valence-electron chi connectivity index (χ4n) is 1.66. The lowest BCUT2D eigenvalue weighted by Crippen LogP contribution is -2.05. The van der Waals surface area contributed by atoms with E-state index in [9.17, 15) is 5.11 Å². The summed E-state index contributed by atoms with van der Waals surface area (Å²) in [6, 6.07) is 8.55. The van der Waals surface area contributed by atoms with Gasteiger partial charge in [-0.15, -0.1) is 0 Å². The summed E-state index contributed by atoms with van der Waals surface area (Å²) in [5.41, 5.74) is 0.908. The van der Waals surface area contributed by atoms with Gasteiger partial charge in [-0.25, -0.2) is 0 Å². The molecule has 2 rings (SSSR count). The van der Waals surface area contributed by atoms with Gasteiger partial charge in [-0.05, 0) is 18.2 Å². The first-order valence-corrected chi connectivity index (χ1v) is 6.01. The molecule has 2 aromatic rings. The van der Waals surface area contributed by atoms with E-state index in [2.05, 4.69) is 4.98 Å². The fourth-order valence-corrected chi connectivity index (χ4v) is 2.07. The van der Waals surface area contributed by atoms with Crippen LogP contribution < -0.4 is 4.74 Å². The van der Waals surface area contributed by atoms with Crippen molar-refractivity contribution in [3.8, 4) is 5.75 Å². The molecule has 94 valence electrons. The van der Waals surface area contributed by atoms with Gasteiger partial charge in [-0.1, -0.05) is 35.3 Å². The summed E-state index contributed by atoms with van der Waals surface area (Å²) >= 11 is 12.0. The molecule has 5 heteroatoms. The van der Waals surface area contributed by atoms with Crippen LogP contribution in [0.1, 0.15) is 17.4 Å². The molecular formula is C13H11Cl2NO2. The third-order valence-electron chi connectivity index (χ3n) is 2.55. The topological polar surface area (TPSA) is 42.4 Å². The zero-order valence-corrected chi connectivity index (χ0v) is 11.1. The van der Waals surface area contributed by atoms with E-state index in [-0.39, 0.29) is 0 Å². The molecule has 0 aliphatic heterocycles. The third-order valence-corrected chi connectivity index (χ3v) is 3.39. The van der Waals surface area contributed by atoms with Gasteiger partial charge < -0.3 is 9.84 Å². The molecule has 1 aromatic heterocycles. The number of aromatic nitrogens is 1. The standard InChI is InChI=1S/C13H11Cl2NO2/c1-18-10-6-3-7-16-12(10)13(17)8-4-2-5-9(14)11(8)15/h2-7,13,17H,1H3. The number of nitrogens with zero attached hydrogens (tertiary/aromatic N) is 1. The van der Waals surface area contributed by atoms with Crippen LogP contribution in [-0.2, 0) is 0 Å². The molecule has 1 atom stereocenters. The van der Waals surface area contributed by atoms with Crippen LogP contribution in [0, 0.1) is 0 Å². The van der Waals surface area contributed by atoms with E-state index in [1.54, 1.807) is 36.5 Å². The Balaban J connectivity index is 2.48. The number of ether oxygens (including phenoxy) is 1. The molecule has 0 fully saturated rings. The van der Waals surface area contributed by atoms with Crippen molar-refractivity contribution in [2.24, 2.45) is 0 Å². The van der Waals surface area contributed by atoms with E-state index in [0.29, 0.717) is 27.1 Å². The van der Waals surface area contributed by atoms with Crippen LogP contribution in [0.5, 0.6) is 5.75 Å². The summed E-state index contributed by atoms with van der Waals surface area (Å²) in [7, 11) is 1.52.